The van der Waals surface area contributed by atoms with Crippen molar-refractivity contribution in [2.24, 2.45) is 4.99 Å². The molecule has 0 amide bonds. The van der Waals surface area contributed by atoms with Gasteiger partial charge in [0.15, 0.2) is 5.96 Å². The predicted octanol–water partition coefficient (Wildman–Crippen LogP) is 3.40. The minimum Gasteiger partial charge on any atom is -0.386 e. The van der Waals surface area contributed by atoms with Gasteiger partial charge in [0, 0.05) is 30.4 Å². The number of halogens is 4. The van der Waals surface area contributed by atoms with E-state index >= 15 is 0 Å². The first-order chi connectivity index (χ1) is 11.5. The molecular weight excluding hydrogens is 487 g/mol. The van der Waals surface area contributed by atoms with Crippen LogP contribution in [-0.2, 0) is 6.54 Å². The first kappa shape index (κ1) is 22.1. The maximum absolute atomic E-state index is 12.8. The van der Waals surface area contributed by atoms with Gasteiger partial charge in [0.05, 0.1) is 4.34 Å². The molecule has 0 saturated carbocycles. The molecule has 0 spiro atoms. The normalized spacial score (nSPS) is 12.8. The minimum atomic E-state index is -2.65. The highest BCUT2D eigenvalue weighted by atomic mass is 127. The molecule has 6 nitrogen and oxygen atoms in total. The van der Waals surface area contributed by atoms with Crippen LogP contribution in [0.3, 0.4) is 0 Å². The molecule has 2 aromatic heterocycles. The van der Waals surface area contributed by atoms with E-state index < -0.39 is 12.7 Å². The van der Waals surface area contributed by atoms with Crippen molar-refractivity contribution in [1.82, 2.24) is 20.2 Å². The van der Waals surface area contributed by atoms with E-state index in [-0.39, 0.29) is 42.9 Å². The fraction of sp³-hybridized carbons (Fsp3) is 0.429. The third-order valence-electron chi connectivity index (χ3n) is 3.07. The zero-order valence-corrected chi connectivity index (χ0v) is 17.2. The molecule has 1 atom stereocenters. The molecule has 1 unspecified atom stereocenters. The number of nitrogens with one attached hydrogen (secondary N) is 2. The number of guanidine groups is 1. The van der Waals surface area contributed by atoms with Crippen LogP contribution >= 0.6 is 46.9 Å². The molecule has 2 heterocycles. The van der Waals surface area contributed by atoms with E-state index in [0.29, 0.717) is 16.8 Å². The molecule has 2 aromatic rings. The van der Waals surface area contributed by atoms with Crippen LogP contribution < -0.4 is 10.6 Å². The van der Waals surface area contributed by atoms with Crippen LogP contribution in [0, 0.1) is 0 Å². The molecule has 0 saturated heterocycles. The van der Waals surface area contributed by atoms with E-state index in [0.717, 1.165) is 9.44 Å². The van der Waals surface area contributed by atoms with Gasteiger partial charge in [-0.1, -0.05) is 11.6 Å². The van der Waals surface area contributed by atoms with Crippen molar-refractivity contribution in [3.63, 3.8) is 0 Å². The molecule has 0 radical (unpaired) electrons. The lowest BCUT2D eigenvalue weighted by Gasteiger charge is -2.14. The number of hydrogen-bond acceptors (Lipinski definition) is 4. The summed E-state index contributed by atoms with van der Waals surface area (Å²) in [5.41, 5.74) is 0. The Kier molecular flexibility index (Phi) is 9.61. The first-order valence-electron chi connectivity index (χ1n) is 7.26. The third kappa shape index (κ3) is 6.68. The Bertz CT molecular complexity index is 682. The summed E-state index contributed by atoms with van der Waals surface area (Å²) >= 11 is 7.14. The average Bonchev–Trinajstić information content (AvgIpc) is 3.18. The van der Waals surface area contributed by atoms with Crippen molar-refractivity contribution >= 4 is 52.9 Å². The lowest BCUT2D eigenvalue weighted by molar-refractivity contribution is 0.0671. The van der Waals surface area contributed by atoms with Crippen molar-refractivity contribution < 1.29 is 13.9 Å². The summed E-state index contributed by atoms with van der Waals surface area (Å²) in [4.78, 5) is 8.82. The van der Waals surface area contributed by atoms with Crippen LogP contribution in [-0.4, -0.2) is 33.7 Å². The van der Waals surface area contributed by atoms with E-state index in [1.165, 1.54) is 23.7 Å². The molecular formula is C14H19ClF2IN5OS. The Hall–Kier alpha value is -0.980. The van der Waals surface area contributed by atoms with Crippen molar-refractivity contribution in [2.45, 2.75) is 26.1 Å². The fourth-order valence-electron chi connectivity index (χ4n) is 1.94. The summed E-state index contributed by atoms with van der Waals surface area (Å²) in [5, 5.41) is 16.1. The summed E-state index contributed by atoms with van der Waals surface area (Å²) in [7, 11) is 0. The molecule has 3 N–H and O–H groups in total. The van der Waals surface area contributed by atoms with Gasteiger partial charge in [0.2, 0.25) is 0 Å². The summed E-state index contributed by atoms with van der Waals surface area (Å²) in [6.07, 6.45) is 1.77. The van der Waals surface area contributed by atoms with Gasteiger partial charge in [0.25, 0.3) is 0 Å². The number of nitrogens with zero attached hydrogens (tertiary/aromatic N) is 3. The molecule has 0 bridgehead atoms. The van der Waals surface area contributed by atoms with Crippen molar-refractivity contribution in [3.05, 3.63) is 39.6 Å². The van der Waals surface area contributed by atoms with Gasteiger partial charge in [-0.2, -0.15) is 8.78 Å². The number of hydrogen-bond donors (Lipinski definition) is 3. The molecule has 0 aliphatic rings. The number of aromatic nitrogens is 2. The lowest BCUT2D eigenvalue weighted by atomic mass is 10.3. The molecule has 0 aromatic carbocycles. The van der Waals surface area contributed by atoms with Gasteiger partial charge in [-0.05, 0) is 19.1 Å². The minimum absolute atomic E-state index is 0. The van der Waals surface area contributed by atoms with Gasteiger partial charge in [0.1, 0.15) is 18.5 Å². The van der Waals surface area contributed by atoms with Gasteiger partial charge in [-0.3, -0.25) is 4.57 Å². The second kappa shape index (κ2) is 10.9. The van der Waals surface area contributed by atoms with Crippen LogP contribution in [0.1, 0.15) is 30.3 Å². The van der Waals surface area contributed by atoms with E-state index in [1.807, 2.05) is 6.92 Å². The highest BCUT2D eigenvalue weighted by Gasteiger charge is 2.13. The van der Waals surface area contributed by atoms with E-state index in [2.05, 4.69) is 20.6 Å². The molecule has 0 aliphatic heterocycles. The SMILES string of the molecule is CCNC(=NCc1nccn1C(F)F)NCC(O)c1ccc(Cl)s1.I. The van der Waals surface area contributed by atoms with Gasteiger partial charge >= 0.3 is 6.55 Å². The topological polar surface area (TPSA) is 74.5 Å². The lowest BCUT2D eigenvalue weighted by Crippen LogP contribution is -2.39. The average molecular weight is 506 g/mol. The quantitative estimate of drug-likeness (QED) is 0.306. The number of aliphatic imine (C=N–C) groups is 1. The van der Waals surface area contributed by atoms with Gasteiger partial charge in [-0.15, -0.1) is 35.3 Å². The predicted molar refractivity (Wildman–Crippen MR) is 106 cm³/mol. The molecule has 11 heteroatoms. The smallest absolute Gasteiger partial charge is 0.319 e. The largest absolute Gasteiger partial charge is 0.386 e. The second-order valence-corrected chi connectivity index (χ2v) is 6.51. The highest BCUT2D eigenvalue weighted by Crippen LogP contribution is 2.26. The number of thiophene rings is 1. The molecule has 0 fully saturated rings. The number of aliphatic hydroxyl groups is 1. The van der Waals surface area contributed by atoms with Crippen LogP contribution in [0.5, 0.6) is 0 Å². The van der Waals surface area contributed by atoms with Gasteiger partial charge < -0.3 is 15.7 Å². The van der Waals surface area contributed by atoms with Crippen molar-refractivity contribution in [2.75, 3.05) is 13.1 Å². The van der Waals surface area contributed by atoms with Gasteiger partial charge in [-0.25, -0.2) is 9.98 Å². The van der Waals surface area contributed by atoms with Crippen molar-refractivity contribution in [1.29, 1.82) is 0 Å². The Morgan fingerprint density at radius 1 is 1.44 bits per heavy atom. The van der Waals surface area contributed by atoms with Crippen LogP contribution in [0.15, 0.2) is 29.5 Å². The summed E-state index contributed by atoms with van der Waals surface area (Å²) in [6, 6.07) is 3.47. The Labute approximate surface area is 170 Å². The Morgan fingerprint density at radius 3 is 2.80 bits per heavy atom. The third-order valence-corrected chi connectivity index (χ3v) is 4.40. The maximum atomic E-state index is 12.8. The highest BCUT2D eigenvalue weighted by molar-refractivity contribution is 14.0. The monoisotopic (exact) mass is 505 g/mol. The Morgan fingerprint density at radius 2 is 2.20 bits per heavy atom. The number of imidazole rings is 1. The van der Waals surface area contributed by atoms with E-state index in [4.69, 9.17) is 11.6 Å². The van der Waals surface area contributed by atoms with Crippen LogP contribution in [0.4, 0.5) is 8.78 Å². The molecule has 0 aliphatic carbocycles. The van der Waals surface area contributed by atoms with Crippen LogP contribution in [0.25, 0.3) is 0 Å². The molecule has 2 rings (SSSR count). The Balaban J connectivity index is 0.00000312. The fourth-order valence-corrected chi connectivity index (χ4v) is 2.98. The van der Waals surface area contributed by atoms with Crippen LogP contribution in [0.2, 0.25) is 4.34 Å². The maximum Gasteiger partial charge on any atom is 0.319 e. The molecule has 140 valence electrons. The number of rotatable bonds is 7. The first-order valence-corrected chi connectivity index (χ1v) is 8.46. The zero-order chi connectivity index (χ0) is 17.5. The zero-order valence-electron chi connectivity index (χ0n) is 13.3. The van der Waals surface area contributed by atoms with E-state index in [1.54, 1.807) is 12.1 Å². The molecule has 25 heavy (non-hydrogen) atoms. The summed E-state index contributed by atoms with van der Waals surface area (Å²) < 4.78 is 26.9. The summed E-state index contributed by atoms with van der Waals surface area (Å²) in [5.74, 6) is 0.566. The number of alkyl halides is 2. The second-order valence-electron chi connectivity index (χ2n) is 4.76. The van der Waals surface area contributed by atoms with Crippen molar-refractivity contribution in [3.8, 4) is 0 Å². The number of aliphatic hydroxyl groups excluding tert-OH is 1. The standard InChI is InChI=1S/C14H18ClF2N5OS.HI/c1-2-18-14(20-7-9(23)10-3-4-11(15)24-10)21-8-12-19-5-6-22(12)13(16)17;/h3-6,9,13,23H,2,7-8H2,1H3,(H2,18,20,21);1H. The summed E-state index contributed by atoms with van der Waals surface area (Å²) in [6.45, 7) is 0.0289. The van der Waals surface area contributed by atoms with E-state index in [9.17, 15) is 13.9 Å².